The maximum atomic E-state index is 12.9. The van der Waals surface area contributed by atoms with Gasteiger partial charge in [-0.25, -0.2) is 0 Å². The van der Waals surface area contributed by atoms with Crippen molar-refractivity contribution in [3.63, 3.8) is 0 Å². The summed E-state index contributed by atoms with van der Waals surface area (Å²) in [5, 5.41) is 18.4. The van der Waals surface area contributed by atoms with Crippen LogP contribution >= 0.6 is 0 Å². The second-order valence-corrected chi connectivity index (χ2v) is 7.26. The predicted octanol–water partition coefficient (Wildman–Crippen LogP) is 4.08. The molecule has 3 atom stereocenters. The molecule has 6 nitrogen and oxygen atoms in total. The number of carbonyl (C=O) groups excluding carboxylic acids is 1. The average molecular weight is 392 g/mol. The molecule has 0 radical (unpaired) electrons. The number of carboxylic acids is 1. The van der Waals surface area contributed by atoms with Crippen LogP contribution < -0.4 is 4.74 Å². The van der Waals surface area contributed by atoms with Crippen LogP contribution in [0.1, 0.15) is 25.3 Å². The third kappa shape index (κ3) is 4.75. The lowest BCUT2D eigenvalue weighted by molar-refractivity contribution is -0.155. The zero-order valence-electron chi connectivity index (χ0n) is 16.3. The molecule has 1 N–H and O–H groups in total. The van der Waals surface area contributed by atoms with Crippen LogP contribution in [0.25, 0.3) is 0 Å². The number of carboxylic acid groups (broad SMARTS) is 1. The number of rotatable bonds is 8. The Hall–Kier alpha value is -3.33. The van der Waals surface area contributed by atoms with Crippen LogP contribution in [0.3, 0.4) is 0 Å². The second kappa shape index (κ2) is 9.24. The van der Waals surface area contributed by atoms with Crippen LogP contribution in [0.2, 0.25) is 0 Å². The van der Waals surface area contributed by atoms with Crippen molar-refractivity contribution in [2.24, 2.45) is 17.8 Å². The number of hydrogen-bond acceptors (Lipinski definition) is 4. The zero-order valence-corrected chi connectivity index (χ0v) is 16.3. The van der Waals surface area contributed by atoms with E-state index in [1.807, 2.05) is 67.6 Å². The van der Waals surface area contributed by atoms with E-state index in [0.717, 1.165) is 17.7 Å². The van der Waals surface area contributed by atoms with Crippen LogP contribution in [0.4, 0.5) is 0 Å². The van der Waals surface area contributed by atoms with Gasteiger partial charge >= 0.3 is 5.97 Å². The molecule has 150 valence electrons. The van der Waals surface area contributed by atoms with Crippen molar-refractivity contribution in [3.05, 3.63) is 60.2 Å². The van der Waals surface area contributed by atoms with Gasteiger partial charge in [-0.2, -0.15) is 5.26 Å². The third-order valence-electron chi connectivity index (χ3n) is 5.24. The quantitative estimate of drug-likeness (QED) is 0.731. The van der Waals surface area contributed by atoms with Crippen molar-refractivity contribution < 1.29 is 19.4 Å². The van der Waals surface area contributed by atoms with E-state index in [-0.39, 0.29) is 12.3 Å². The molecule has 6 heteroatoms. The molecule has 0 aromatic heterocycles. The number of nitriles is 1. The van der Waals surface area contributed by atoms with Gasteiger partial charge in [0.2, 0.25) is 5.91 Å². The Bertz CT molecular complexity index is 889. The molecule has 2 aromatic carbocycles. The Morgan fingerprint density at radius 3 is 2.34 bits per heavy atom. The fraction of sp³-hybridized carbons (Fsp3) is 0.348. The summed E-state index contributed by atoms with van der Waals surface area (Å²) in [6.07, 6.45) is 1.02. The highest BCUT2D eigenvalue weighted by atomic mass is 16.5. The minimum Gasteiger partial charge on any atom is -0.481 e. The van der Waals surface area contributed by atoms with Crippen molar-refractivity contribution in [2.45, 2.75) is 26.3 Å². The summed E-state index contributed by atoms with van der Waals surface area (Å²) in [7, 11) is 0. The number of carbonyl (C=O) groups is 2. The molecule has 1 aliphatic carbocycles. The van der Waals surface area contributed by atoms with Crippen molar-refractivity contribution >= 4 is 11.9 Å². The standard InChI is InChI=1S/C23H24N2O4/c1-2-12-25(22(26)19-13-20(23(27)28)21(19)14-24)15-16-8-10-18(11-9-16)29-17-6-4-3-5-7-17/h3-11,19-21H,2,12-13,15H2,1H3,(H,27,28). The fourth-order valence-electron chi connectivity index (χ4n) is 3.62. The molecule has 1 fully saturated rings. The monoisotopic (exact) mass is 392 g/mol. The van der Waals surface area contributed by atoms with Crippen molar-refractivity contribution in [1.82, 2.24) is 4.90 Å². The van der Waals surface area contributed by atoms with Crippen LogP contribution in [-0.4, -0.2) is 28.4 Å². The molecule has 3 rings (SSSR count). The molecule has 0 bridgehead atoms. The average Bonchev–Trinajstić information content (AvgIpc) is 2.69. The van der Waals surface area contributed by atoms with E-state index in [1.54, 1.807) is 4.90 Å². The van der Waals surface area contributed by atoms with E-state index < -0.39 is 23.7 Å². The van der Waals surface area contributed by atoms with Gasteiger partial charge in [0, 0.05) is 13.1 Å². The highest BCUT2D eigenvalue weighted by Crippen LogP contribution is 2.41. The van der Waals surface area contributed by atoms with E-state index in [4.69, 9.17) is 9.84 Å². The topological polar surface area (TPSA) is 90.6 Å². The molecule has 2 aromatic rings. The molecule has 0 heterocycles. The molecular weight excluding hydrogens is 368 g/mol. The number of hydrogen-bond donors (Lipinski definition) is 1. The van der Waals surface area contributed by atoms with Crippen molar-refractivity contribution in [2.75, 3.05) is 6.54 Å². The Morgan fingerprint density at radius 1 is 1.10 bits per heavy atom. The minimum absolute atomic E-state index is 0.138. The van der Waals surface area contributed by atoms with E-state index >= 15 is 0 Å². The van der Waals surface area contributed by atoms with Crippen molar-refractivity contribution in [1.29, 1.82) is 5.26 Å². The van der Waals surface area contributed by atoms with Gasteiger partial charge in [0.05, 0.1) is 23.8 Å². The van der Waals surface area contributed by atoms with Gasteiger partial charge in [-0.3, -0.25) is 9.59 Å². The predicted molar refractivity (Wildman–Crippen MR) is 107 cm³/mol. The highest BCUT2D eigenvalue weighted by Gasteiger charge is 2.50. The van der Waals surface area contributed by atoms with E-state index in [9.17, 15) is 14.9 Å². The summed E-state index contributed by atoms with van der Waals surface area (Å²) in [5.41, 5.74) is 0.954. The highest BCUT2D eigenvalue weighted by molar-refractivity contribution is 5.84. The minimum atomic E-state index is -1.00. The van der Waals surface area contributed by atoms with Gasteiger partial charge in [-0.05, 0) is 42.7 Å². The normalized spacial score (nSPS) is 20.2. The molecule has 0 spiro atoms. The maximum absolute atomic E-state index is 12.9. The molecule has 1 aliphatic rings. The molecule has 0 aliphatic heterocycles. The number of para-hydroxylation sites is 1. The lowest BCUT2D eigenvalue weighted by atomic mass is 9.64. The first-order valence-electron chi connectivity index (χ1n) is 9.76. The summed E-state index contributed by atoms with van der Waals surface area (Å²) < 4.78 is 5.79. The third-order valence-corrected chi connectivity index (χ3v) is 5.24. The fourth-order valence-corrected chi connectivity index (χ4v) is 3.62. The first kappa shape index (κ1) is 20.4. The van der Waals surface area contributed by atoms with Gasteiger partial charge in [0.1, 0.15) is 11.5 Å². The number of aliphatic carboxylic acids is 1. The first-order valence-corrected chi connectivity index (χ1v) is 9.76. The van der Waals surface area contributed by atoms with Gasteiger partial charge in [0.25, 0.3) is 0 Å². The SMILES string of the molecule is CCCN(Cc1ccc(Oc2ccccc2)cc1)C(=O)C1CC(C(=O)O)C1C#N. The van der Waals surface area contributed by atoms with Crippen LogP contribution in [0, 0.1) is 29.1 Å². The van der Waals surface area contributed by atoms with Crippen LogP contribution in [-0.2, 0) is 16.1 Å². The summed E-state index contributed by atoms with van der Waals surface area (Å²) in [6, 6.07) is 19.0. The molecule has 0 saturated heterocycles. The number of ether oxygens (including phenoxy) is 1. The molecule has 1 amide bonds. The van der Waals surface area contributed by atoms with Gasteiger partial charge in [-0.15, -0.1) is 0 Å². The lowest BCUT2D eigenvalue weighted by Crippen LogP contribution is -2.50. The Morgan fingerprint density at radius 2 is 1.76 bits per heavy atom. The Kier molecular flexibility index (Phi) is 6.50. The Labute approximate surface area is 170 Å². The second-order valence-electron chi connectivity index (χ2n) is 7.26. The summed E-state index contributed by atoms with van der Waals surface area (Å²) >= 11 is 0. The summed E-state index contributed by atoms with van der Waals surface area (Å²) in [4.78, 5) is 25.8. The van der Waals surface area contributed by atoms with Crippen LogP contribution in [0.5, 0.6) is 11.5 Å². The molecule has 29 heavy (non-hydrogen) atoms. The van der Waals surface area contributed by atoms with Gasteiger partial charge in [-0.1, -0.05) is 37.3 Å². The Balaban J connectivity index is 1.65. The lowest BCUT2D eigenvalue weighted by Gasteiger charge is -2.39. The summed E-state index contributed by atoms with van der Waals surface area (Å²) in [5.74, 6) is -1.71. The zero-order chi connectivity index (χ0) is 20.8. The maximum Gasteiger partial charge on any atom is 0.307 e. The van der Waals surface area contributed by atoms with E-state index in [2.05, 4.69) is 0 Å². The summed E-state index contributed by atoms with van der Waals surface area (Å²) in [6.45, 7) is 2.97. The number of amides is 1. The van der Waals surface area contributed by atoms with Crippen LogP contribution in [0.15, 0.2) is 54.6 Å². The largest absolute Gasteiger partial charge is 0.481 e. The molecule has 3 unspecified atom stereocenters. The molecule has 1 saturated carbocycles. The van der Waals surface area contributed by atoms with Gasteiger partial charge < -0.3 is 14.7 Å². The number of benzene rings is 2. The van der Waals surface area contributed by atoms with E-state index in [0.29, 0.717) is 18.8 Å². The van der Waals surface area contributed by atoms with Gasteiger partial charge in [0.15, 0.2) is 0 Å². The molecular formula is C23H24N2O4. The number of nitrogens with zero attached hydrogens (tertiary/aromatic N) is 2. The van der Waals surface area contributed by atoms with E-state index in [1.165, 1.54) is 0 Å². The smallest absolute Gasteiger partial charge is 0.307 e. The first-order chi connectivity index (χ1) is 14.0. The van der Waals surface area contributed by atoms with Crippen molar-refractivity contribution in [3.8, 4) is 17.6 Å².